The minimum atomic E-state index is -1.21. The number of aromatic carboxylic acids is 1. The van der Waals surface area contributed by atoms with Crippen LogP contribution in [0.2, 0.25) is 5.02 Å². The number of hydrogen-bond donors (Lipinski definition) is 2. The average Bonchev–Trinajstić information content (AvgIpc) is 3.01. The summed E-state index contributed by atoms with van der Waals surface area (Å²) in [6.07, 6.45) is 0. The maximum Gasteiger partial charge on any atom is 0.337 e. The van der Waals surface area contributed by atoms with E-state index in [0.29, 0.717) is 21.4 Å². The van der Waals surface area contributed by atoms with Gasteiger partial charge in [0.15, 0.2) is 0 Å². The molecule has 134 valence electrons. The third-order valence-electron chi connectivity index (χ3n) is 3.95. The zero-order valence-corrected chi connectivity index (χ0v) is 15.4. The highest BCUT2D eigenvalue weighted by molar-refractivity contribution is 7.17. The number of nitrogens with one attached hydrogen (secondary N) is 1. The van der Waals surface area contributed by atoms with Crippen molar-refractivity contribution in [2.45, 2.75) is 19.9 Å². The Balaban J connectivity index is 2.05. The topological polar surface area (TPSA) is 101 Å². The van der Waals surface area contributed by atoms with Gasteiger partial charge in [0.25, 0.3) is 5.56 Å². The first-order valence-electron chi connectivity index (χ1n) is 7.60. The van der Waals surface area contributed by atoms with Crippen LogP contribution in [-0.4, -0.2) is 26.5 Å². The lowest BCUT2D eigenvalue weighted by Crippen LogP contribution is -2.34. The number of para-hydroxylation sites is 1. The van der Waals surface area contributed by atoms with Gasteiger partial charge in [-0.15, -0.1) is 11.3 Å². The van der Waals surface area contributed by atoms with Crippen molar-refractivity contribution in [3.8, 4) is 0 Å². The van der Waals surface area contributed by atoms with Crippen LogP contribution in [0.25, 0.3) is 10.2 Å². The number of rotatable bonds is 4. The van der Waals surface area contributed by atoms with E-state index in [-0.39, 0.29) is 10.9 Å². The van der Waals surface area contributed by atoms with Crippen LogP contribution in [0.3, 0.4) is 0 Å². The predicted molar refractivity (Wildman–Crippen MR) is 100 cm³/mol. The number of aromatic nitrogens is 2. The number of fused-ring (bicyclic) bond motifs is 1. The lowest BCUT2D eigenvalue weighted by molar-refractivity contribution is -0.118. The van der Waals surface area contributed by atoms with Crippen LogP contribution in [0.5, 0.6) is 0 Å². The first-order chi connectivity index (χ1) is 12.3. The van der Waals surface area contributed by atoms with E-state index in [9.17, 15) is 19.5 Å². The average molecular weight is 392 g/mol. The minimum Gasteiger partial charge on any atom is -0.478 e. The standard InChI is InChI=1S/C17H14ClN3O4S/c1-8(14(22)20-12-6-4-3-5-11(12)18)21-9(2)19-15-13(16(21)23)10(7-26-15)17(24)25/h3-8H,1-2H3,(H,20,22)(H,24,25). The number of halogens is 1. The Labute approximate surface area is 156 Å². The van der Waals surface area contributed by atoms with E-state index in [1.165, 1.54) is 9.95 Å². The number of hydrogen-bond acceptors (Lipinski definition) is 5. The van der Waals surface area contributed by atoms with Crippen molar-refractivity contribution in [3.63, 3.8) is 0 Å². The van der Waals surface area contributed by atoms with Gasteiger partial charge in [0, 0.05) is 5.38 Å². The second-order valence-electron chi connectivity index (χ2n) is 5.61. The Morgan fingerprint density at radius 1 is 1.35 bits per heavy atom. The molecule has 0 aliphatic carbocycles. The lowest BCUT2D eigenvalue weighted by atomic mass is 10.2. The van der Waals surface area contributed by atoms with Crippen LogP contribution in [0.1, 0.15) is 29.1 Å². The maximum absolute atomic E-state index is 12.9. The van der Waals surface area contributed by atoms with Gasteiger partial charge in [0.05, 0.1) is 21.7 Å². The van der Waals surface area contributed by atoms with Crippen LogP contribution in [0.15, 0.2) is 34.4 Å². The van der Waals surface area contributed by atoms with E-state index in [2.05, 4.69) is 10.3 Å². The monoisotopic (exact) mass is 391 g/mol. The van der Waals surface area contributed by atoms with Crippen LogP contribution in [-0.2, 0) is 4.79 Å². The molecule has 2 heterocycles. The highest BCUT2D eigenvalue weighted by atomic mass is 35.5. The number of anilines is 1. The third-order valence-corrected chi connectivity index (χ3v) is 5.15. The Kier molecular flexibility index (Phi) is 4.80. The molecule has 0 saturated carbocycles. The van der Waals surface area contributed by atoms with E-state index in [0.717, 1.165) is 11.3 Å². The van der Waals surface area contributed by atoms with Gasteiger partial charge >= 0.3 is 5.97 Å². The Morgan fingerprint density at radius 3 is 2.69 bits per heavy atom. The van der Waals surface area contributed by atoms with E-state index < -0.39 is 23.5 Å². The molecular weight excluding hydrogens is 378 g/mol. The SMILES string of the molecule is Cc1nc2scc(C(=O)O)c2c(=O)n1C(C)C(=O)Nc1ccccc1Cl. The molecule has 0 aliphatic heterocycles. The molecule has 0 aliphatic rings. The zero-order chi connectivity index (χ0) is 19.0. The molecule has 0 bridgehead atoms. The summed E-state index contributed by atoms with van der Waals surface area (Å²) in [5.74, 6) is -1.35. The number of carboxylic acids is 1. The summed E-state index contributed by atoms with van der Waals surface area (Å²) in [5.41, 5.74) is -0.254. The molecule has 0 radical (unpaired) electrons. The summed E-state index contributed by atoms with van der Waals surface area (Å²) in [6.45, 7) is 3.14. The molecule has 0 fully saturated rings. The third kappa shape index (κ3) is 3.09. The Morgan fingerprint density at radius 2 is 2.04 bits per heavy atom. The second-order valence-corrected chi connectivity index (χ2v) is 6.88. The summed E-state index contributed by atoms with van der Waals surface area (Å²) in [4.78, 5) is 41.4. The summed E-state index contributed by atoms with van der Waals surface area (Å²) >= 11 is 7.12. The largest absolute Gasteiger partial charge is 0.478 e. The second kappa shape index (κ2) is 6.89. The molecule has 0 spiro atoms. The summed E-state index contributed by atoms with van der Waals surface area (Å²) in [7, 11) is 0. The zero-order valence-electron chi connectivity index (χ0n) is 13.8. The van der Waals surface area contributed by atoms with Crippen LogP contribution in [0.4, 0.5) is 5.69 Å². The van der Waals surface area contributed by atoms with Crippen molar-refractivity contribution in [1.29, 1.82) is 0 Å². The van der Waals surface area contributed by atoms with Crippen molar-refractivity contribution >= 4 is 50.7 Å². The maximum atomic E-state index is 12.9. The van der Waals surface area contributed by atoms with E-state index in [1.807, 2.05) is 0 Å². The van der Waals surface area contributed by atoms with Gasteiger partial charge in [-0.2, -0.15) is 0 Å². The molecule has 3 rings (SSSR count). The molecule has 9 heteroatoms. The first-order valence-corrected chi connectivity index (χ1v) is 8.86. The molecule has 1 unspecified atom stereocenters. The molecule has 2 N–H and O–H groups in total. The fourth-order valence-electron chi connectivity index (χ4n) is 2.64. The van der Waals surface area contributed by atoms with Gasteiger partial charge < -0.3 is 10.4 Å². The lowest BCUT2D eigenvalue weighted by Gasteiger charge is -2.18. The Hall–Kier alpha value is -2.71. The molecule has 2 aromatic heterocycles. The minimum absolute atomic E-state index is 0.00509. The van der Waals surface area contributed by atoms with Crippen molar-refractivity contribution in [1.82, 2.24) is 9.55 Å². The molecular formula is C17H14ClN3O4S. The van der Waals surface area contributed by atoms with Crippen molar-refractivity contribution in [3.05, 3.63) is 56.4 Å². The van der Waals surface area contributed by atoms with Crippen LogP contribution < -0.4 is 10.9 Å². The number of thiophene rings is 1. The number of aryl methyl sites for hydroxylation is 1. The fraction of sp³-hybridized carbons (Fsp3) is 0.176. The quantitative estimate of drug-likeness (QED) is 0.710. The van der Waals surface area contributed by atoms with Gasteiger partial charge in [-0.25, -0.2) is 9.78 Å². The summed E-state index contributed by atoms with van der Waals surface area (Å²) < 4.78 is 1.19. The van der Waals surface area contributed by atoms with Gasteiger partial charge in [-0.3, -0.25) is 14.2 Å². The van der Waals surface area contributed by atoms with Crippen molar-refractivity contribution in [2.24, 2.45) is 0 Å². The number of amides is 1. The van der Waals surface area contributed by atoms with E-state index in [4.69, 9.17) is 11.6 Å². The molecule has 7 nitrogen and oxygen atoms in total. The smallest absolute Gasteiger partial charge is 0.337 e. The van der Waals surface area contributed by atoms with Crippen LogP contribution in [0, 0.1) is 6.92 Å². The molecule has 0 saturated heterocycles. The number of benzene rings is 1. The predicted octanol–water partition coefficient (Wildman–Crippen LogP) is 3.32. The normalized spacial score (nSPS) is 12.1. The first kappa shape index (κ1) is 18.1. The number of nitrogens with zero attached hydrogens (tertiary/aromatic N) is 2. The van der Waals surface area contributed by atoms with Gasteiger partial charge in [-0.1, -0.05) is 23.7 Å². The van der Waals surface area contributed by atoms with Crippen molar-refractivity contribution < 1.29 is 14.7 Å². The molecule has 26 heavy (non-hydrogen) atoms. The summed E-state index contributed by atoms with van der Waals surface area (Å²) in [5, 5.41) is 13.7. The van der Waals surface area contributed by atoms with Gasteiger partial charge in [0.2, 0.25) is 5.91 Å². The molecule has 1 atom stereocenters. The highest BCUT2D eigenvalue weighted by Gasteiger charge is 2.24. The van der Waals surface area contributed by atoms with E-state index >= 15 is 0 Å². The fourth-order valence-corrected chi connectivity index (χ4v) is 3.77. The van der Waals surface area contributed by atoms with Gasteiger partial charge in [-0.05, 0) is 26.0 Å². The van der Waals surface area contributed by atoms with E-state index in [1.54, 1.807) is 38.1 Å². The summed E-state index contributed by atoms with van der Waals surface area (Å²) in [6, 6.07) is 5.83. The Bertz CT molecular complexity index is 1090. The van der Waals surface area contributed by atoms with Crippen molar-refractivity contribution in [2.75, 3.05) is 5.32 Å². The molecule has 1 aromatic carbocycles. The van der Waals surface area contributed by atoms with Crippen LogP contribution >= 0.6 is 22.9 Å². The van der Waals surface area contributed by atoms with Gasteiger partial charge in [0.1, 0.15) is 16.7 Å². The number of carboxylic acid groups (broad SMARTS) is 1. The number of carbonyl (C=O) groups excluding carboxylic acids is 1. The molecule has 1 amide bonds. The number of carbonyl (C=O) groups is 2. The molecule has 3 aromatic rings. The highest BCUT2D eigenvalue weighted by Crippen LogP contribution is 2.24.